The molecule has 0 radical (unpaired) electrons. The average Bonchev–Trinajstić information content (AvgIpc) is 2.75. The number of ether oxygens (including phenoxy) is 2. The lowest BCUT2D eigenvalue weighted by Crippen LogP contribution is -2.11. The summed E-state index contributed by atoms with van der Waals surface area (Å²) in [7, 11) is 2.93. The van der Waals surface area contributed by atoms with Gasteiger partial charge in [0.2, 0.25) is 5.75 Å². The van der Waals surface area contributed by atoms with Gasteiger partial charge in [-0.05, 0) is 26.2 Å². The molecule has 5 heteroatoms. The second-order valence-electron chi connectivity index (χ2n) is 7.82. The molecular weight excluding hydrogens is 380 g/mol. The van der Waals surface area contributed by atoms with Gasteiger partial charge in [0.1, 0.15) is 16.9 Å². The van der Waals surface area contributed by atoms with Gasteiger partial charge < -0.3 is 19.0 Å². The molecule has 0 saturated heterocycles. The maximum absolute atomic E-state index is 12.9. The lowest BCUT2D eigenvalue weighted by molar-refractivity contribution is 0.361. The SMILES string of the molecule is C=CCCCCCCCCCCCc1oc2c(O)c(OC)cc(OC)c2c(=O)c1C. The number of aryl methyl sites for hydroxylation is 1. The minimum atomic E-state index is -0.169. The molecule has 5 nitrogen and oxygen atoms in total. The number of hydrogen-bond acceptors (Lipinski definition) is 5. The van der Waals surface area contributed by atoms with E-state index < -0.39 is 0 Å². The second-order valence-corrected chi connectivity index (χ2v) is 7.82. The van der Waals surface area contributed by atoms with Crippen molar-refractivity contribution in [2.45, 2.75) is 77.6 Å². The molecule has 1 aromatic heterocycles. The van der Waals surface area contributed by atoms with Crippen LogP contribution in [0.4, 0.5) is 0 Å². The molecule has 2 aromatic rings. The van der Waals surface area contributed by atoms with Crippen LogP contribution in [0.3, 0.4) is 0 Å². The third-order valence-electron chi connectivity index (χ3n) is 5.65. The van der Waals surface area contributed by atoms with E-state index in [0.717, 1.165) is 19.3 Å². The first-order valence-corrected chi connectivity index (χ1v) is 11.1. The van der Waals surface area contributed by atoms with Gasteiger partial charge in [-0.1, -0.05) is 51.0 Å². The number of aromatic hydroxyl groups is 1. The van der Waals surface area contributed by atoms with Gasteiger partial charge in [-0.3, -0.25) is 4.79 Å². The molecule has 0 saturated carbocycles. The van der Waals surface area contributed by atoms with Crippen LogP contribution in [0.2, 0.25) is 0 Å². The topological polar surface area (TPSA) is 68.9 Å². The van der Waals surface area contributed by atoms with Crippen LogP contribution >= 0.6 is 0 Å². The lowest BCUT2D eigenvalue weighted by Gasteiger charge is -2.13. The Balaban J connectivity index is 1.92. The van der Waals surface area contributed by atoms with Crippen molar-refractivity contribution in [2.75, 3.05) is 14.2 Å². The first-order chi connectivity index (χ1) is 14.5. The Morgan fingerprint density at radius 3 is 2.10 bits per heavy atom. The monoisotopic (exact) mass is 416 g/mol. The molecule has 1 N–H and O–H groups in total. The first-order valence-electron chi connectivity index (χ1n) is 11.1. The van der Waals surface area contributed by atoms with Crippen LogP contribution in [-0.2, 0) is 6.42 Å². The van der Waals surface area contributed by atoms with Crippen molar-refractivity contribution in [3.8, 4) is 17.2 Å². The van der Waals surface area contributed by atoms with Gasteiger partial charge in [-0.25, -0.2) is 0 Å². The third kappa shape index (κ3) is 6.04. The van der Waals surface area contributed by atoms with Crippen molar-refractivity contribution in [1.82, 2.24) is 0 Å². The van der Waals surface area contributed by atoms with E-state index in [4.69, 9.17) is 13.9 Å². The summed E-state index contributed by atoms with van der Waals surface area (Å²) >= 11 is 0. The zero-order valence-corrected chi connectivity index (χ0v) is 18.7. The van der Waals surface area contributed by atoms with E-state index in [2.05, 4.69) is 6.58 Å². The standard InChI is InChI=1S/C25H36O5/c1-5-6-7-8-9-10-11-12-13-14-15-16-19-18(2)23(26)22-20(28-3)17-21(29-4)24(27)25(22)30-19/h5,17,27H,1,6-16H2,2-4H3. The van der Waals surface area contributed by atoms with E-state index in [9.17, 15) is 9.90 Å². The molecule has 0 aliphatic carbocycles. The first kappa shape index (κ1) is 23.8. The number of methoxy groups -OCH3 is 2. The highest BCUT2D eigenvalue weighted by Gasteiger charge is 2.21. The summed E-state index contributed by atoms with van der Waals surface area (Å²) in [4.78, 5) is 12.9. The van der Waals surface area contributed by atoms with Crippen molar-refractivity contribution >= 4 is 11.0 Å². The fourth-order valence-corrected chi connectivity index (χ4v) is 3.80. The molecule has 0 unspecified atom stereocenters. The number of allylic oxidation sites excluding steroid dienone is 1. The fraction of sp³-hybridized carbons (Fsp3) is 0.560. The fourth-order valence-electron chi connectivity index (χ4n) is 3.80. The van der Waals surface area contributed by atoms with Crippen LogP contribution in [0, 0.1) is 6.92 Å². The molecule has 166 valence electrons. The maximum atomic E-state index is 12.9. The molecule has 0 spiro atoms. The number of phenols is 1. The molecule has 0 aliphatic rings. The quantitative estimate of drug-likeness (QED) is 0.283. The highest BCUT2D eigenvalue weighted by atomic mass is 16.5. The number of hydrogen-bond donors (Lipinski definition) is 1. The molecule has 0 amide bonds. The molecule has 0 atom stereocenters. The van der Waals surface area contributed by atoms with E-state index in [1.165, 1.54) is 65.2 Å². The predicted molar refractivity (Wildman–Crippen MR) is 122 cm³/mol. The van der Waals surface area contributed by atoms with Crippen LogP contribution in [0.1, 0.15) is 75.5 Å². The van der Waals surface area contributed by atoms with Crippen molar-refractivity contribution in [3.63, 3.8) is 0 Å². The van der Waals surface area contributed by atoms with Crippen LogP contribution in [0.5, 0.6) is 17.2 Å². The molecule has 2 rings (SSSR count). The number of phenolic OH excluding ortho intramolecular Hbond substituents is 1. The van der Waals surface area contributed by atoms with Crippen LogP contribution in [0.25, 0.3) is 11.0 Å². The van der Waals surface area contributed by atoms with E-state index >= 15 is 0 Å². The van der Waals surface area contributed by atoms with Crippen molar-refractivity contribution in [2.24, 2.45) is 0 Å². The Labute approximate surface area is 179 Å². The van der Waals surface area contributed by atoms with Crippen LogP contribution < -0.4 is 14.9 Å². The van der Waals surface area contributed by atoms with Gasteiger partial charge in [-0.15, -0.1) is 6.58 Å². The minimum absolute atomic E-state index is 0.133. The Kier molecular flexibility index (Phi) is 9.78. The zero-order chi connectivity index (χ0) is 21.9. The Bertz CT molecular complexity index is 881. The van der Waals surface area contributed by atoms with E-state index in [1.54, 1.807) is 6.92 Å². The summed E-state index contributed by atoms with van der Waals surface area (Å²) in [5.74, 6) is 1.02. The summed E-state index contributed by atoms with van der Waals surface area (Å²) in [6, 6.07) is 1.51. The largest absolute Gasteiger partial charge is 0.502 e. The highest BCUT2D eigenvalue weighted by Crippen LogP contribution is 2.40. The van der Waals surface area contributed by atoms with E-state index in [0.29, 0.717) is 23.5 Å². The van der Waals surface area contributed by atoms with Gasteiger partial charge in [0.05, 0.1) is 14.2 Å². The molecule has 0 fully saturated rings. The van der Waals surface area contributed by atoms with Crippen molar-refractivity contribution in [1.29, 1.82) is 0 Å². The highest BCUT2D eigenvalue weighted by molar-refractivity contribution is 5.91. The third-order valence-corrected chi connectivity index (χ3v) is 5.65. The summed E-state index contributed by atoms with van der Waals surface area (Å²) < 4.78 is 16.5. The number of rotatable bonds is 14. The molecule has 0 aliphatic heterocycles. The van der Waals surface area contributed by atoms with E-state index in [1.807, 2.05) is 6.08 Å². The summed E-state index contributed by atoms with van der Waals surface area (Å²) in [6.45, 7) is 5.53. The summed E-state index contributed by atoms with van der Waals surface area (Å²) in [5.41, 5.74) is 0.538. The van der Waals surface area contributed by atoms with Crippen LogP contribution in [-0.4, -0.2) is 19.3 Å². The van der Waals surface area contributed by atoms with Gasteiger partial charge in [0, 0.05) is 18.1 Å². The molecular formula is C25H36O5. The maximum Gasteiger partial charge on any atom is 0.202 e. The Morgan fingerprint density at radius 2 is 1.53 bits per heavy atom. The Morgan fingerprint density at radius 1 is 0.967 bits per heavy atom. The smallest absolute Gasteiger partial charge is 0.202 e. The number of unbranched alkanes of at least 4 members (excludes halogenated alkanes) is 9. The zero-order valence-electron chi connectivity index (χ0n) is 18.7. The number of fused-ring (bicyclic) bond motifs is 1. The summed E-state index contributed by atoms with van der Waals surface area (Å²) in [5, 5.41) is 10.7. The van der Waals surface area contributed by atoms with Crippen molar-refractivity contribution in [3.05, 3.63) is 40.3 Å². The van der Waals surface area contributed by atoms with Crippen LogP contribution in [0.15, 0.2) is 27.9 Å². The molecule has 0 bridgehead atoms. The average molecular weight is 417 g/mol. The molecule has 1 heterocycles. The van der Waals surface area contributed by atoms with E-state index in [-0.39, 0.29) is 27.9 Å². The number of benzene rings is 1. The normalized spacial score (nSPS) is 11.0. The second kappa shape index (κ2) is 12.3. The van der Waals surface area contributed by atoms with Gasteiger partial charge in [0.15, 0.2) is 16.8 Å². The minimum Gasteiger partial charge on any atom is -0.502 e. The van der Waals surface area contributed by atoms with Gasteiger partial charge in [-0.2, -0.15) is 0 Å². The lowest BCUT2D eigenvalue weighted by atomic mass is 10.0. The van der Waals surface area contributed by atoms with Crippen molar-refractivity contribution < 1.29 is 19.0 Å². The molecule has 30 heavy (non-hydrogen) atoms. The predicted octanol–water partition coefficient (Wildman–Crippen LogP) is 6.45. The summed E-state index contributed by atoms with van der Waals surface area (Å²) in [6.07, 6.45) is 14.8. The Hall–Kier alpha value is -2.43. The molecule has 1 aromatic carbocycles. The van der Waals surface area contributed by atoms with Gasteiger partial charge >= 0.3 is 0 Å². The van der Waals surface area contributed by atoms with Gasteiger partial charge in [0.25, 0.3) is 0 Å².